The molecule has 1 N–H and O–H groups in total. The summed E-state index contributed by atoms with van der Waals surface area (Å²) >= 11 is 3.54. The summed E-state index contributed by atoms with van der Waals surface area (Å²) in [6.45, 7) is 1.96. The third-order valence-electron chi connectivity index (χ3n) is 7.63. The SMILES string of the molecule is Cc1ccc(/C(=N\Nc2ccc([N+](=O)[O-])cc2[N+](=O)[O-])C(CC[Se]c2ccccc2)C(=O)/C(=C/c2ccc(Br)cc2)c2ccccc2)cc1. The Morgan fingerprint density at radius 3 is 2.12 bits per heavy atom. The van der Waals surface area contributed by atoms with Crippen molar-refractivity contribution in [3.63, 3.8) is 0 Å². The van der Waals surface area contributed by atoms with Crippen LogP contribution in [-0.2, 0) is 4.79 Å². The van der Waals surface area contributed by atoms with E-state index in [-0.39, 0.29) is 26.4 Å². The first-order chi connectivity index (χ1) is 23.7. The summed E-state index contributed by atoms with van der Waals surface area (Å²) in [6.07, 6.45) is 2.33. The number of halogens is 1. The van der Waals surface area contributed by atoms with Crippen LogP contribution in [0.1, 0.15) is 28.7 Å². The molecule has 0 aliphatic carbocycles. The molecule has 1 unspecified atom stereocenters. The van der Waals surface area contributed by atoms with Gasteiger partial charge >= 0.3 is 300 Å². The van der Waals surface area contributed by atoms with E-state index in [9.17, 15) is 25.0 Å². The second-order valence-corrected chi connectivity index (χ2v) is 14.4. The number of carbonyl (C=O) groups is 1. The fraction of sp³-hybridized carbons (Fsp3) is 0.105. The molecule has 0 saturated heterocycles. The van der Waals surface area contributed by atoms with Gasteiger partial charge in [-0.1, -0.05) is 0 Å². The molecule has 49 heavy (non-hydrogen) atoms. The number of aryl methyl sites for hydroxylation is 1. The fourth-order valence-electron chi connectivity index (χ4n) is 5.10. The quantitative estimate of drug-likeness (QED) is 0.0300. The van der Waals surface area contributed by atoms with Gasteiger partial charge in [-0.05, 0) is 0 Å². The van der Waals surface area contributed by atoms with Crippen molar-refractivity contribution < 1.29 is 14.6 Å². The Hall–Kier alpha value is -5.22. The third kappa shape index (κ3) is 9.45. The number of nitrogens with zero attached hydrogens (tertiary/aromatic N) is 3. The van der Waals surface area contributed by atoms with Crippen molar-refractivity contribution in [2.45, 2.75) is 18.7 Å². The molecule has 0 aliphatic rings. The number of anilines is 1. The Balaban J connectivity index is 1.64. The third-order valence-corrected chi connectivity index (χ3v) is 10.4. The number of nitrogens with one attached hydrogen (secondary N) is 1. The molecular weight excluding hydrogens is 751 g/mol. The van der Waals surface area contributed by atoms with E-state index in [2.05, 4.69) is 33.5 Å². The van der Waals surface area contributed by atoms with Gasteiger partial charge in [0.05, 0.1) is 0 Å². The molecule has 5 rings (SSSR count). The van der Waals surface area contributed by atoms with Gasteiger partial charge in [-0.25, -0.2) is 0 Å². The zero-order chi connectivity index (χ0) is 34.8. The average molecular weight is 783 g/mol. The number of Topliss-reactive ketones (excluding diaryl/α,β-unsaturated/α-hetero) is 1. The van der Waals surface area contributed by atoms with E-state index in [0.29, 0.717) is 23.3 Å². The van der Waals surface area contributed by atoms with Crippen LogP contribution in [0.4, 0.5) is 17.1 Å². The Labute approximate surface area is 298 Å². The van der Waals surface area contributed by atoms with E-state index in [4.69, 9.17) is 5.10 Å². The van der Waals surface area contributed by atoms with Gasteiger partial charge in [0.15, 0.2) is 0 Å². The van der Waals surface area contributed by atoms with E-state index in [0.717, 1.165) is 32.5 Å². The second kappa shape index (κ2) is 16.7. The van der Waals surface area contributed by atoms with Gasteiger partial charge in [0, 0.05) is 0 Å². The van der Waals surface area contributed by atoms with Crippen LogP contribution in [0, 0.1) is 33.1 Å². The van der Waals surface area contributed by atoms with Crippen molar-refractivity contribution in [2.75, 3.05) is 5.43 Å². The summed E-state index contributed by atoms with van der Waals surface area (Å²) in [6, 6.07) is 38.2. The molecule has 0 bridgehead atoms. The first-order valence-electron chi connectivity index (χ1n) is 15.3. The zero-order valence-electron chi connectivity index (χ0n) is 26.4. The maximum atomic E-state index is 15.0. The van der Waals surface area contributed by atoms with Crippen LogP contribution in [0.15, 0.2) is 137 Å². The summed E-state index contributed by atoms with van der Waals surface area (Å²) < 4.78 is 2.11. The first-order valence-corrected chi connectivity index (χ1v) is 18.1. The molecule has 0 amide bonds. The number of carbonyl (C=O) groups excluding carboxylic acids is 1. The topological polar surface area (TPSA) is 128 Å². The molecular formula is C38H31BrN4O5Se. The number of non-ortho nitro benzene ring substituents is 1. The van der Waals surface area contributed by atoms with Crippen LogP contribution in [0.2, 0.25) is 5.32 Å². The molecule has 9 nitrogen and oxygen atoms in total. The number of rotatable bonds is 14. The first kappa shape index (κ1) is 35.1. The number of allylic oxidation sites excluding steroid dienone is 1. The molecule has 0 aromatic heterocycles. The Morgan fingerprint density at radius 1 is 0.837 bits per heavy atom. The number of ketones is 1. The predicted octanol–water partition coefficient (Wildman–Crippen LogP) is 8.65. The van der Waals surface area contributed by atoms with Crippen LogP contribution >= 0.6 is 15.9 Å². The van der Waals surface area contributed by atoms with Crippen molar-refractivity contribution in [3.05, 3.63) is 174 Å². The number of hydrogen-bond acceptors (Lipinski definition) is 7. The van der Waals surface area contributed by atoms with Crippen molar-refractivity contribution in [1.82, 2.24) is 0 Å². The minimum absolute atomic E-state index is 0.0337. The van der Waals surface area contributed by atoms with E-state index >= 15 is 0 Å². The molecule has 0 fully saturated rings. The monoisotopic (exact) mass is 782 g/mol. The summed E-state index contributed by atoms with van der Waals surface area (Å²) in [5.41, 5.74) is 6.03. The zero-order valence-corrected chi connectivity index (χ0v) is 29.7. The molecule has 11 heteroatoms. The summed E-state index contributed by atoms with van der Waals surface area (Å²) in [5.74, 6) is -0.905. The predicted molar refractivity (Wildman–Crippen MR) is 199 cm³/mol. The van der Waals surface area contributed by atoms with Crippen molar-refractivity contribution in [1.29, 1.82) is 0 Å². The van der Waals surface area contributed by atoms with Crippen LogP contribution in [0.25, 0.3) is 11.6 Å². The molecule has 0 heterocycles. The Bertz CT molecular complexity index is 2000. The average Bonchev–Trinajstić information content (AvgIpc) is 3.11. The molecule has 5 aromatic rings. The van der Waals surface area contributed by atoms with Crippen LogP contribution in [0.5, 0.6) is 0 Å². The van der Waals surface area contributed by atoms with Gasteiger partial charge in [-0.15, -0.1) is 0 Å². The number of benzene rings is 5. The van der Waals surface area contributed by atoms with Crippen LogP contribution in [0.3, 0.4) is 0 Å². The van der Waals surface area contributed by atoms with Crippen LogP contribution in [-0.4, -0.2) is 36.3 Å². The van der Waals surface area contributed by atoms with Crippen molar-refractivity contribution in [2.24, 2.45) is 11.0 Å². The Morgan fingerprint density at radius 2 is 1.49 bits per heavy atom. The molecule has 0 saturated carbocycles. The molecule has 0 aliphatic heterocycles. The van der Waals surface area contributed by atoms with E-state index < -0.39 is 27.1 Å². The standard InChI is InChI=1S/C38H31BrN4O5Se/c1-26-12-16-29(17-13-26)37(41-40-35-21-20-31(42(45)46)25-36(35)43(47)48)33(22-23-49-32-10-6-3-7-11-32)38(44)34(28-8-4-2-5-9-28)24-27-14-18-30(39)19-15-27/h2-21,24-25,33,40H,22-23H2,1H3/b34-24+,41-37+. The fourth-order valence-corrected chi connectivity index (χ4v) is 7.33. The number of hydrogen-bond donors (Lipinski definition) is 1. The molecule has 5 aromatic carbocycles. The summed E-state index contributed by atoms with van der Waals surface area (Å²) in [5, 5.41) is 28.7. The minimum atomic E-state index is -0.750. The second-order valence-electron chi connectivity index (χ2n) is 11.0. The molecule has 0 spiro atoms. The normalized spacial score (nSPS) is 12.3. The van der Waals surface area contributed by atoms with Gasteiger partial charge in [0.2, 0.25) is 0 Å². The van der Waals surface area contributed by atoms with E-state index in [1.807, 2.05) is 110 Å². The van der Waals surface area contributed by atoms with Crippen LogP contribution < -0.4 is 9.89 Å². The van der Waals surface area contributed by atoms with E-state index in [1.54, 1.807) is 0 Å². The van der Waals surface area contributed by atoms with Crippen molar-refractivity contribution in [3.8, 4) is 0 Å². The Kier molecular flexibility index (Phi) is 12.0. The van der Waals surface area contributed by atoms with Gasteiger partial charge in [0.1, 0.15) is 0 Å². The number of hydrazone groups is 1. The summed E-state index contributed by atoms with van der Waals surface area (Å²) in [4.78, 5) is 36.9. The molecule has 1 atom stereocenters. The van der Waals surface area contributed by atoms with Gasteiger partial charge in [0.25, 0.3) is 0 Å². The van der Waals surface area contributed by atoms with Gasteiger partial charge in [-0.3, -0.25) is 0 Å². The van der Waals surface area contributed by atoms with Gasteiger partial charge in [-0.2, -0.15) is 0 Å². The van der Waals surface area contributed by atoms with Crippen molar-refractivity contribution >= 4 is 75.6 Å². The molecule has 246 valence electrons. The summed E-state index contributed by atoms with van der Waals surface area (Å²) in [7, 11) is 0. The number of nitro benzene ring substituents is 2. The van der Waals surface area contributed by atoms with E-state index in [1.165, 1.54) is 16.6 Å². The number of nitro groups is 2. The molecule has 0 radical (unpaired) electrons. The van der Waals surface area contributed by atoms with Gasteiger partial charge < -0.3 is 0 Å². The maximum absolute atomic E-state index is 15.0.